The lowest BCUT2D eigenvalue weighted by Gasteiger charge is -2.35. The number of carbonyl (C=O) groups excluding carboxylic acids is 2. The van der Waals surface area contributed by atoms with Crippen LogP contribution < -0.4 is 5.32 Å². The van der Waals surface area contributed by atoms with E-state index < -0.39 is 4.87 Å². The molecule has 0 aromatic carbocycles. The number of hydrogen-bond donors (Lipinski definition) is 1. The van der Waals surface area contributed by atoms with Gasteiger partial charge in [0.05, 0.1) is 30.6 Å². The summed E-state index contributed by atoms with van der Waals surface area (Å²) in [5, 5.41) is 3.25. The van der Waals surface area contributed by atoms with Gasteiger partial charge in [-0.15, -0.1) is 11.8 Å². The summed E-state index contributed by atoms with van der Waals surface area (Å²) < 4.78 is 9.76. The van der Waals surface area contributed by atoms with E-state index in [1.165, 1.54) is 14.2 Å². The highest BCUT2D eigenvalue weighted by Gasteiger charge is 2.58. The van der Waals surface area contributed by atoms with Crippen LogP contribution in [0.2, 0.25) is 0 Å². The summed E-state index contributed by atoms with van der Waals surface area (Å²) in [5.41, 5.74) is 1.42. The van der Waals surface area contributed by atoms with E-state index in [-0.39, 0.29) is 29.0 Å². The summed E-state index contributed by atoms with van der Waals surface area (Å²) in [7, 11) is 2.77. The minimum absolute atomic E-state index is 0.0153. The molecule has 1 fully saturated rings. The molecular weight excluding hydrogens is 266 g/mol. The minimum Gasteiger partial charge on any atom is -0.469 e. The number of methoxy groups -OCH3 is 2. The van der Waals surface area contributed by atoms with Crippen LogP contribution in [0.4, 0.5) is 0 Å². The van der Waals surface area contributed by atoms with E-state index in [9.17, 15) is 9.59 Å². The van der Waals surface area contributed by atoms with E-state index in [0.717, 1.165) is 5.70 Å². The van der Waals surface area contributed by atoms with Gasteiger partial charge >= 0.3 is 11.9 Å². The second-order valence-corrected chi connectivity index (χ2v) is 6.75. The highest BCUT2D eigenvalue weighted by atomic mass is 32.2. The fraction of sp³-hybridized carbons (Fsp3) is 0.692. The molecule has 2 heterocycles. The number of hydrogen-bond acceptors (Lipinski definition) is 6. The summed E-state index contributed by atoms with van der Waals surface area (Å²) in [6.45, 7) is 5.81. The topological polar surface area (TPSA) is 64.6 Å². The third-order valence-corrected chi connectivity index (χ3v) is 5.72. The zero-order valence-electron chi connectivity index (χ0n) is 11.8. The van der Waals surface area contributed by atoms with Gasteiger partial charge in [0.25, 0.3) is 0 Å². The van der Waals surface area contributed by atoms with Crippen LogP contribution >= 0.6 is 11.8 Å². The number of fused-ring (bicyclic) bond motifs is 2. The van der Waals surface area contributed by atoms with E-state index in [1.54, 1.807) is 11.8 Å². The van der Waals surface area contributed by atoms with Gasteiger partial charge < -0.3 is 14.8 Å². The maximum atomic E-state index is 12.0. The summed E-state index contributed by atoms with van der Waals surface area (Å²) in [4.78, 5) is 23.5. The molecule has 0 spiro atoms. The van der Waals surface area contributed by atoms with Crippen molar-refractivity contribution in [3.05, 3.63) is 11.3 Å². The Labute approximate surface area is 117 Å². The molecule has 1 saturated heterocycles. The van der Waals surface area contributed by atoms with Gasteiger partial charge in [-0.2, -0.15) is 0 Å². The maximum Gasteiger partial charge on any atom is 0.336 e. The largest absolute Gasteiger partial charge is 0.469 e. The standard InChI is InChI=1S/C13H19NO4S/c1-6-9(12(16)18-5)13(3)14-7(2)8(10(6)19-13)11(15)17-4/h6,9-10,14H,1-5H3/t6-,9-,10-,13+/m0/s1. The number of rotatable bonds is 2. The van der Waals surface area contributed by atoms with Gasteiger partial charge in [0.1, 0.15) is 0 Å². The average Bonchev–Trinajstić information content (AvgIpc) is 2.56. The smallest absolute Gasteiger partial charge is 0.336 e. The van der Waals surface area contributed by atoms with Gasteiger partial charge in [-0.25, -0.2) is 4.79 Å². The Morgan fingerprint density at radius 1 is 1.32 bits per heavy atom. The molecule has 5 nitrogen and oxygen atoms in total. The zero-order valence-corrected chi connectivity index (χ0v) is 12.6. The molecule has 2 bridgehead atoms. The molecule has 1 N–H and O–H groups in total. The molecule has 0 aliphatic carbocycles. The van der Waals surface area contributed by atoms with Crippen LogP contribution in [-0.4, -0.2) is 36.3 Å². The van der Waals surface area contributed by atoms with E-state index >= 15 is 0 Å². The van der Waals surface area contributed by atoms with Crippen LogP contribution in [0.3, 0.4) is 0 Å². The Kier molecular flexibility index (Phi) is 3.55. The second-order valence-electron chi connectivity index (χ2n) is 5.16. The van der Waals surface area contributed by atoms with Crippen LogP contribution in [0.25, 0.3) is 0 Å². The van der Waals surface area contributed by atoms with E-state index in [1.807, 2.05) is 20.8 Å². The molecule has 6 heteroatoms. The monoisotopic (exact) mass is 285 g/mol. The summed E-state index contributed by atoms with van der Waals surface area (Å²) >= 11 is 1.60. The Hall–Kier alpha value is -1.17. The lowest BCUT2D eigenvalue weighted by atomic mass is 9.85. The predicted octanol–water partition coefficient (Wildman–Crippen LogP) is 1.29. The number of carbonyl (C=O) groups is 2. The van der Waals surface area contributed by atoms with Crippen LogP contribution in [0.15, 0.2) is 11.3 Å². The fourth-order valence-corrected chi connectivity index (χ4v) is 5.11. The van der Waals surface area contributed by atoms with Gasteiger partial charge in [0.15, 0.2) is 0 Å². The van der Waals surface area contributed by atoms with Crippen molar-refractivity contribution in [3.8, 4) is 0 Å². The van der Waals surface area contributed by atoms with Crippen LogP contribution in [-0.2, 0) is 19.1 Å². The number of esters is 2. The molecule has 4 atom stereocenters. The van der Waals surface area contributed by atoms with E-state index in [4.69, 9.17) is 9.47 Å². The fourth-order valence-electron chi connectivity index (χ4n) is 3.15. The predicted molar refractivity (Wildman–Crippen MR) is 72.3 cm³/mol. The van der Waals surface area contributed by atoms with Crippen molar-refractivity contribution in [1.29, 1.82) is 0 Å². The van der Waals surface area contributed by atoms with E-state index in [0.29, 0.717) is 5.57 Å². The number of allylic oxidation sites excluding steroid dienone is 1. The third kappa shape index (κ3) is 2.02. The lowest BCUT2D eigenvalue weighted by Crippen LogP contribution is -2.47. The van der Waals surface area contributed by atoms with Crippen molar-refractivity contribution >= 4 is 23.7 Å². The van der Waals surface area contributed by atoms with Crippen molar-refractivity contribution < 1.29 is 19.1 Å². The highest BCUT2D eigenvalue weighted by Crippen LogP contribution is 2.55. The summed E-state index contributed by atoms with van der Waals surface area (Å²) in [5.74, 6) is -0.843. The summed E-state index contributed by atoms with van der Waals surface area (Å²) in [6, 6.07) is 0. The van der Waals surface area contributed by atoms with Crippen LogP contribution in [0, 0.1) is 11.8 Å². The first-order valence-corrected chi connectivity index (χ1v) is 7.06. The normalized spacial score (nSPS) is 36.8. The lowest BCUT2D eigenvalue weighted by molar-refractivity contribution is -0.148. The highest BCUT2D eigenvalue weighted by molar-refractivity contribution is 8.01. The number of ether oxygens (including phenoxy) is 2. The van der Waals surface area contributed by atoms with Crippen molar-refractivity contribution in [2.75, 3.05) is 14.2 Å². The first-order chi connectivity index (χ1) is 8.85. The van der Waals surface area contributed by atoms with Crippen molar-refractivity contribution in [1.82, 2.24) is 5.32 Å². The second kappa shape index (κ2) is 4.74. The minimum atomic E-state index is -0.432. The zero-order chi connectivity index (χ0) is 14.4. The SMILES string of the molecule is COC(=O)C1=C(C)N[C@]2(C)S[C@H]1[C@@H](C)[C@H]2C(=O)OC. The van der Waals surface area contributed by atoms with Gasteiger partial charge in [-0.3, -0.25) is 4.79 Å². The molecule has 2 rings (SSSR count). The summed E-state index contributed by atoms with van der Waals surface area (Å²) in [6.07, 6.45) is 0. The number of nitrogens with one attached hydrogen (secondary N) is 1. The average molecular weight is 285 g/mol. The molecule has 0 amide bonds. The Morgan fingerprint density at radius 3 is 2.47 bits per heavy atom. The Balaban J connectivity index is 2.42. The molecule has 19 heavy (non-hydrogen) atoms. The molecule has 0 aromatic rings. The number of thioether (sulfide) groups is 1. The Morgan fingerprint density at radius 2 is 1.95 bits per heavy atom. The molecule has 2 aliphatic rings. The van der Waals surface area contributed by atoms with Crippen molar-refractivity contribution in [2.45, 2.75) is 30.9 Å². The molecule has 0 unspecified atom stereocenters. The molecule has 0 radical (unpaired) electrons. The quantitative estimate of drug-likeness (QED) is 0.771. The third-order valence-electron chi connectivity index (χ3n) is 3.95. The first-order valence-electron chi connectivity index (χ1n) is 6.18. The van der Waals surface area contributed by atoms with E-state index in [2.05, 4.69) is 5.32 Å². The molecule has 0 aromatic heterocycles. The van der Waals surface area contributed by atoms with Gasteiger partial charge in [0, 0.05) is 10.9 Å². The first kappa shape index (κ1) is 14.2. The van der Waals surface area contributed by atoms with Gasteiger partial charge in [-0.05, 0) is 19.8 Å². The Bertz CT molecular complexity index is 462. The molecule has 2 aliphatic heterocycles. The maximum absolute atomic E-state index is 12.0. The molecule has 0 saturated carbocycles. The van der Waals surface area contributed by atoms with Gasteiger partial charge in [-0.1, -0.05) is 6.92 Å². The molecule has 106 valence electrons. The van der Waals surface area contributed by atoms with Crippen molar-refractivity contribution in [3.63, 3.8) is 0 Å². The van der Waals surface area contributed by atoms with Crippen molar-refractivity contribution in [2.24, 2.45) is 11.8 Å². The van der Waals surface area contributed by atoms with Crippen LogP contribution in [0.1, 0.15) is 20.8 Å². The molecular formula is C13H19NO4S. The van der Waals surface area contributed by atoms with Gasteiger partial charge in [0.2, 0.25) is 0 Å². The van der Waals surface area contributed by atoms with Crippen LogP contribution in [0.5, 0.6) is 0 Å².